The molecule has 2 aliphatic heterocycles. The Morgan fingerprint density at radius 2 is 1.24 bits per heavy atom. The summed E-state index contributed by atoms with van der Waals surface area (Å²) < 4.78 is 0. The summed E-state index contributed by atoms with van der Waals surface area (Å²) in [6.07, 6.45) is 7.47. The maximum absolute atomic E-state index is 13.1. The number of hydrogen-bond donors (Lipinski definition) is 0. The normalized spacial score (nSPS) is 17.6. The van der Waals surface area contributed by atoms with Crippen molar-refractivity contribution >= 4 is 35.3 Å². The molecule has 4 aromatic carbocycles. The molecule has 214 valence electrons. The van der Waals surface area contributed by atoms with E-state index in [1.165, 1.54) is 0 Å². The minimum atomic E-state index is -0.703. The molecule has 0 saturated carbocycles. The predicted molar refractivity (Wildman–Crippen MR) is 174 cm³/mol. The second kappa shape index (κ2) is 10.7. The van der Waals surface area contributed by atoms with Crippen LogP contribution in [0.1, 0.15) is 70.1 Å². The first kappa shape index (κ1) is 28.2. The van der Waals surface area contributed by atoms with Gasteiger partial charge in [0, 0.05) is 57.0 Å². The third kappa shape index (κ3) is 4.25. The Labute approximate surface area is 249 Å². The first-order valence-electron chi connectivity index (χ1n) is 14.7. The maximum atomic E-state index is 13.1. The molecule has 6 nitrogen and oxygen atoms in total. The standard InChI is InChI=1S/C35H34N2O4S/c1-5-7-17-36-24-14-10-9-13-23(24)35(3,4)27(36)19-21-29(33(40)31(21)38)30-22(32(39)34(30)41)20-28-37(18-8-6-2)25-15-11-12-16-26(25)42-28/h9-16,19-20H,5-8,17-18H2,1-4H3/b27-19+,28-20+. The van der Waals surface area contributed by atoms with E-state index in [0.717, 1.165) is 71.3 Å². The molecule has 0 aliphatic carbocycles. The molecule has 7 heteroatoms. The zero-order chi connectivity index (χ0) is 29.8. The van der Waals surface area contributed by atoms with Gasteiger partial charge in [0.15, 0.2) is 0 Å². The van der Waals surface area contributed by atoms with Gasteiger partial charge in [0.2, 0.25) is 21.7 Å². The lowest BCUT2D eigenvalue weighted by molar-refractivity contribution is 0.629. The summed E-state index contributed by atoms with van der Waals surface area (Å²) in [5, 5.41) is 0.842. The molecule has 2 heterocycles. The molecule has 0 unspecified atom stereocenters. The average Bonchev–Trinajstić information content (AvgIpc) is 3.46. The van der Waals surface area contributed by atoms with Crippen LogP contribution in [-0.2, 0) is 5.41 Å². The van der Waals surface area contributed by atoms with Crippen LogP contribution < -0.4 is 31.5 Å². The molecule has 0 spiro atoms. The number of anilines is 2. The minimum Gasteiger partial charge on any atom is -0.344 e. The lowest BCUT2D eigenvalue weighted by Crippen LogP contribution is -2.44. The van der Waals surface area contributed by atoms with E-state index in [4.69, 9.17) is 0 Å². The van der Waals surface area contributed by atoms with Crippen molar-refractivity contribution in [2.75, 3.05) is 22.9 Å². The fourth-order valence-electron chi connectivity index (χ4n) is 6.22. The fraction of sp³-hybridized carbons (Fsp3) is 0.314. The van der Waals surface area contributed by atoms with Gasteiger partial charge in [-0.1, -0.05) is 82.6 Å². The van der Waals surface area contributed by atoms with Crippen LogP contribution in [0.15, 0.2) is 83.3 Å². The largest absolute Gasteiger partial charge is 0.344 e. The van der Waals surface area contributed by atoms with Crippen molar-refractivity contribution in [1.29, 1.82) is 0 Å². The van der Waals surface area contributed by atoms with Gasteiger partial charge < -0.3 is 9.80 Å². The van der Waals surface area contributed by atoms with Crippen molar-refractivity contribution < 1.29 is 0 Å². The van der Waals surface area contributed by atoms with Crippen LogP contribution in [0.4, 0.5) is 11.4 Å². The van der Waals surface area contributed by atoms with Crippen LogP contribution in [0.2, 0.25) is 0 Å². The van der Waals surface area contributed by atoms with Crippen LogP contribution in [0.5, 0.6) is 0 Å². The lowest BCUT2D eigenvalue weighted by Gasteiger charge is -2.28. The molecule has 2 aliphatic rings. The monoisotopic (exact) mass is 578 g/mol. The van der Waals surface area contributed by atoms with E-state index in [-0.39, 0.29) is 22.3 Å². The molecule has 0 atom stereocenters. The molecule has 6 rings (SSSR count). The van der Waals surface area contributed by atoms with Crippen molar-refractivity contribution in [2.45, 2.75) is 63.7 Å². The number of hydrogen-bond acceptors (Lipinski definition) is 7. The Balaban J connectivity index is 1.45. The second-order valence-electron chi connectivity index (χ2n) is 11.6. The molecular formula is C35H34N2O4S. The Morgan fingerprint density at radius 1 is 0.690 bits per heavy atom. The zero-order valence-corrected chi connectivity index (χ0v) is 25.3. The predicted octanol–water partition coefficient (Wildman–Crippen LogP) is 6.20. The molecule has 0 aromatic heterocycles. The van der Waals surface area contributed by atoms with Gasteiger partial charge in [-0.25, -0.2) is 0 Å². The van der Waals surface area contributed by atoms with E-state index in [1.807, 2.05) is 30.3 Å². The summed E-state index contributed by atoms with van der Waals surface area (Å²) in [6, 6.07) is 16.2. The highest BCUT2D eigenvalue weighted by Gasteiger charge is 2.41. The van der Waals surface area contributed by atoms with Crippen LogP contribution in [0.25, 0.3) is 23.3 Å². The Morgan fingerprint density at radius 3 is 1.88 bits per heavy atom. The van der Waals surface area contributed by atoms with Gasteiger partial charge in [-0.2, -0.15) is 0 Å². The highest BCUT2D eigenvalue weighted by atomic mass is 32.2. The van der Waals surface area contributed by atoms with Gasteiger partial charge in [0.1, 0.15) is 0 Å². The third-order valence-corrected chi connectivity index (χ3v) is 9.71. The Bertz CT molecular complexity index is 1910. The van der Waals surface area contributed by atoms with Gasteiger partial charge in [-0.15, -0.1) is 0 Å². The summed E-state index contributed by atoms with van der Waals surface area (Å²) >= 11 is 1.55. The molecule has 0 fully saturated rings. The van der Waals surface area contributed by atoms with Gasteiger partial charge in [-0.3, -0.25) is 19.2 Å². The Kier molecular flexibility index (Phi) is 7.17. The highest BCUT2D eigenvalue weighted by Crippen LogP contribution is 2.49. The van der Waals surface area contributed by atoms with Crippen LogP contribution in [0.3, 0.4) is 0 Å². The topological polar surface area (TPSA) is 74.8 Å². The summed E-state index contributed by atoms with van der Waals surface area (Å²) in [7, 11) is 0. The van der Waals surface area contributed by atoms with Crippen LogP contribution >= 0.6 is 11.8 Å². The van der Waals surface area contributed by atoms with E-state index in [2.05, 4.69) is 55.7 Å². The SMILES string of the molecule is CCCCN1/C(=C\c2c(-c3c(/C=C4/N(CCCC)c5ccccc5C4(C)C)c(=O)c3=O)c(=O)c2=O)Sc2ccccc21. The molecular weight excluding hydrogens is 544 g/mol. The lowest BCUT2D eigenvalue weighted by atomic mass is 9.81. The first-order valence-corrected chi connectivity index (χ1v) is 15.5. The number of para-hydroxylation sites is 2. The molecule has 0 bridgehead atoms. The summed E-state index contributed by atoms with van der Waals surface area (Å²) in [4.78, 5) is 57.5. The number of allylic oxidation sites excluding steroid dienone is 1. The number of fused-ring (bicyclic) bond motifs is 2. The summed E-state index contributed by atoms with van der Waals surface area (Å²) in [5.41, 5.74) is 1.75. The fourth-order valence-corrected chi connectivity index (χ4v) is 7.35. The molecule has 0 radical (unpaired) electrons. The van der Waals surface area contributed by atoms with Crippen LogP contribution in [0, 0.1) is 0 Å². The second-order valence-corrected chi connectivity index (χ2v) is 12.7. The number of rotatable bonds is 9. The van der Waals surface area contributed by atoms with E-state index in [9.17, 15) is 19.2 Å². The van der Waals surface area contributed by atoms with E-state index in [1.54, 1.807) is 23.9 Å². The quantitative estimate of drug-likeness (QED) is 0.219. The van der Waals surface area contributed by atoms with Gasteiger partial charge in [0.25, 0.3) is 0 Å². The van der Waals surface area contributed by atoms with Gasteiger partial charge >= 0.3 is 0 Å². The van der Waals surface area contributed by atoms with Gasteiger partial charge in [-0.05, 0) is 48.8 Å². The summed E-state index contributed by atoms with van der Waals surface area (Å²) in [5.74, 6) is 0. The zero-order valence-electron chi connectivity index (χ0n) is 24.5. The number of unbranched alkanes of at least 4 members (excludes halogenated alkanes) is 2. The molecule has 0 N–H and O–H groups in total. The first-order chi connectivity index (χ1) is 20.2. The van der Waals surface area contributed by atoms with E-state index >= 15 is 0 Å². The third-order valence-electron chi connectivity index (χ3n) is 8.60. The molecule has 42 heavy (non-hydrogen) atoms. The highest BCUT2D eigenvalue weighted by molar-refractivity contribution is 8.03. The smallest absolute Gasteiger partial charge is 0.235 e. The van der Waals surface area contributed by atoms with Crippen molar-refractivity contribution in [1.82, 2.24) is 0 Å². The van der Waals surface area contributed by atoms with Crippen molar-refractivity contribution in [2.24, 2.45) is 0 Å². The summed E-state index contributed by atoms with van der Waals surface area (Å²) in [6.45, 7) is 10.0. The van der Waals surface area contributed by atoms with Crippen molar-refractivity contribution in [3.63, 3.8) is 0 Å². The molecule has 4 aromatic rings. The molecule has 0 saturated heterocycles. The number of benzene rings is 2. The van der Waals surface area contributed by atoms with E-state index < -0.39 is 27.1 Å². The van der Waals surface area contributed by atoms with Crippen molar-refractivity contribution in [3.8, 4) is 11.1 Å². The van der Waals surface area contributed by atoms with Crippen LogP contribution in [-0.4, -0.2) is 13.1 Å². The Hall–Kier alpha value is -3.97. The van der Waals surface area contributed by atoms with E-state index in [0.29, 0.717) is 0 Å². The average molecular weight is 579 g/mol. The number of nitrogens with zero attached hydrogens (tertiary/aromatic N) is 2. The maximum Gasteiger partial charge on any atom is 0.235 e. The van der Waals surface area contributed by atoms with Gasteiger partial charge in [0.05, 0.1) is 10.7 Å². The molecule has 0 amide bonds. The van der Waals surface area contributed by atoms with Crippen molar-refractivity contribution in [3.05, 3.63) is 117 Å². The number of thioether (sulfide) groups is 1. The minimum absolute atomic E-state index is 0.0735.